The minimum Gasteiger partial charge on any atom is -0.726 e. The van der Waals surface area contributed by atoms with Gasteiger partial charge in [0.1, 0.15) is 42.1 Å². The van der Waals surface area contributed by atoms with Gasteiger partial charge in [0.25, 0.3) is 0 Å². The molecule has 0 saturated carbocycles. The first kappa shape index (κ1) is 25.9. The number of fused-ring (bicyclic) bond motifs is 1. The van der Waals surface area contributed by atoms with Crippen LogP contribution in [-0.2, 0) is 25.9 Å². The molecule has 1 fully saturated rings. The molecule has 0 aliphatic carbocycles. The number of thioether (sulfide) groups is 1. The van der Waals surface area contributed by atoms with Gasteiger partial charge in [0.15, 0.2) is 4.34 Å². The van der Waals surface area contributed by atoms with Crippen LogP contribution in [0.25, 0.3) is 10.2 Å². The third kappa shape index (κ3) is 5.86. The minimum atomic E-state index is -4.91. The SMILES string of the molecule is O=S(=O)([O-])OCc1cn([C@H]2[C@@H](O)[C@@H](CO)O[C@@H](Sc3nc4ccccc4s3)[C@@H]2O)nn1.[Na+]. The molecule has 3 N–H and O–H groups in total. The molecule has 2 aromatic heterocycles. The Morgan fingerprint density at radius 1 is 1.28 bits per heavy atom. The van der Waals surface area contributed by atoms with Crippen molar-refractivity contribution in [2.45, 2.75) is 40.7 Å². The standard InChI is InChI=1S/C16H18N4O8S3.Na/c21-6-10-13(22)12(20-5-8(18-19-20)7-27-31(24,25)26)14(23)15(28-10)30-16-17-9-3-1-2-4-11(9)29-16;/h1-5,10,12-15,21-23H,6-7H2,(H,24,25,26);/q;+1/p-1/t10-,12+,13+,14-,15+;/m1./s1. The molecule has 1 aliphatic rings. The molecule has 168 valence electrons. The van der Waals surface area contributed by atoms with Crippen LogP contribution in [0.1, 0.15) is 11.7 Å². The van der Waals surface area contributed by atoms with Gasteiger partial charge in [-0.05, 0) is 12.1 Å². The van der Waals surface area contributed by atoms with Crippen molar-refractivity contribution in [3.63, 3.8) is 0 Å². The molecule has 3 heterocycles. The van der Waals surface area contributed by atoms with Crippen molar-refractivity contribution in [2.24, 2.45) is 0 Å². The zero-order chi connectivity index (χ0) is 22.2. The second-order valence-electron chi connectivity index (χ2n) is 6.62. The Kier molecular flexibility index (Phi) is 8.68. The number of hydrogen-bond acceptors (Lipinski definition) is 13. The molecule has 1 saturated heterocycles. The van der Waals surface area contributed by atoms with Crippen molar-refractivity contribution < 1.29 is 66.8 Å². The van der Waals surface area contributed by atoms with Gasteiger partial charge in [-0.1, -0.05) is 29.1 Å². The Morgan fingerprint density at radius 3 is 2.72 bits per heavy atom. The first-order chi connectivity index (χ1) is 14.7. The van der Waals surface area contributed by atoms with Crippen molar-refractivity contribution in [3.05, 3.63) is 36.2 Å². The van der Waals surface area contributed by atoms with Crippen LogP contribution >= 0.6 is 23.1 Å². The average molecular weight is 513 g/mol. The smallest absolute Gasteiger partial charge is 0.726 e. The maximum atomic E-state index is 10.9. The first-order valence-corrected chi connectivity index (χ1v) is 11.9. The molecule has 0 amide bonds. The summed E-state index contributed by atoms with van der Waals surface area (Å²) in [5, 5.41) is 38.6. The van der Waals surface area contributed by atoms with Crippen LogP contribution in [0.3, 0.4) is 0 Å². The minimum absolute atomic E-state index is 0. The van der Waals surface area contributed by atoms with E-state index in [1.165, 1.54) is 17.5 Å². The predicted octanol–water partition coefficient (Wildman–Crippen LogP) is -3.36. The maximum Gasteiger partial charge on any atom is 1.00 e. The summed E-state index contributed by atoms with van der Waals surface area (Å²) >= 11 is 2.56. The third-order valence-corrected chi connectivity index (χ3v) is 7.25. The normalized spacial score (nSPS) is 26.2. The summed E-state index contributed by atoms with van der Waals surface area (Å²) in [7, 11) is -4.91. The molecule has 1 aliphatic heterocycles. The van der Waals surface area contributed by atoms with E-state index in [1.54, 1.807) is 0 Å². The Balaban J connectivity index is 0.00000289. The predicted molar refractivity (Wildman–Crippen MR) is 107 cm³/mol. The number of hydrogen-bond donors (Lipinski definition) is 3. The molecule has 16 heteroatoms. The second-order valence-corrected chi connectivity index (χ2v) is 10.1. The van der Waals surface area contributed by atoms with Gasteiger partial charge < -0.3 is 24.6 Å². The van der Waals surface area contributed by atoms with Crippen molar-refractivity contribution >= 4 is 43.7 Å². The molecule has 12 nitrogen and oxygen atoms in total. The summed E-state index contributed by atoms with van der Waals surface area (Å²) in [5.41, 5.74) is -0.0943. The average Bonchev–Trinajstić information content (AvgIpc) is 3.34. The van der Waals surface area contributed by atoms with E-state index in [2.05, 4.69) is 19.5 Å². The van der Waals surface area contributed by atoms with E-state index < -0.39 is 53.4 Å². The third-order valence-electron chi connectivity index (χ3n) is 4.55. The van der Waals surface area contributed by atoms with Gasteiger partial charge in [-0.25, -0.2) is 18.1 Å². The van der Waals surface area contributed by atoms with Gasteiger partial charge in [-0.15, -0.1) is 16.4 Å². The molecule has 5 atom stereocenters. The molecule has 3 aromatic rings. The molecule has 0 unspecified atom stereocenters. The van der Waals surface area contributed by atoms with Crippen LogP contribution < -0.4 is 29.6 Å². The molecule has 1 aromatic carbocycles. The summed E-state index contributed by atoms with van der Waals surface area (Å²) in [6.07, 6.45) is -2.41. The molecule has 4 rings (SSSR count). The van der Waals surface area contributed by atoms with Crippen molar-refractivity contribution in [3.8, 4) is 0 Å². The van der Waals surface area contributed by atoms with Crippen LogP contribution in [-0.4, -0.2) is 78.6 Å². The summed E-state index contributed by atoms with van der Waals surface area (Å²) in [4.78, 5) is 4.49. The summed E-state index contributed by atoms with van der Waals surface area (Å²) in [5.74, 6) is 0. The van der Waals surface area contributed by atoms with E-state index in [9.17, 15) is 28.3 Å². The molecule has 32 heavy (non-hydrogen) atoms. The first-order valence-electron chi connectivity index (χ1n) is 8.91. The van der Waals surface area contributed by atoms with Crippen LogP contribution in [0, 0.1) is 0 Å². The zero-order valence-electron chi connectivity index (χ0n) is 16.6. The molecule has 0 bridgehead atoms. The maximum absolute atomic E-state index is 10.9. The van der Waals surface area contributed by atoms with Gasteiger partial charge >= 0.3 is 29.6 Å². The Morgan fingerprint density at radius 2 is 2.03 bits per heavy atom. The van der Waals surface area contributed by atoms with Crippen LogP contribution in [0.15, 0.2) is 34.8 Å². The monoisotopic (exact) mass is 512 g/mol. The number of ether oxygens (including phenoxy) is 1. The van der Waals surface area contributed by atoms with Gasteiger partial charge in [-0.2, -0.15) is 0 Å². The largest absolute Gasteiger partial charge is 1.00 e. The van der Waals surface area contributed by atoms with Crippen LogP contribution in [0.2, 0.25) is 0 Å². The molecule has 0 radical (unpaired) electrons. The quantitative estimate of drug-likeness (QED) is 0.163. The van der Waals surface area contributed by atoms with Crippen molar-refractivity contribution in [1.29, 1.82) is 0 Å². The molecule has 0 spiro atoms. The Hall–Kier alpha value is -0.690. The van der Waals surface area contributed by atoms with Gasteiger partial charge in [0, 0.05) is 0 Å². The van der Waals surface area contributed by atoms with E-state index in [0.717, 1.165) is 26.7 Å². The van der Waals surface area contributed by atoms with Gasteiger partial charge in [0.2, 0.25) is 10.4 Å². The van der Waals surface area contributed by atoms with Gasteiger partial charge in [-0.3, -0.25) is 4.18 Å². The fourth-order valence-corrected chi connectivity index (χ4v) is 5.69. The second kappa shape index (κ2) is 10.7. The van der Waals surface area contributed by atoms with E-state index in [-0.39, 0.29) is 35.3 Å². The fraction of sp³-hybridized carbons (Fsp3) is 0.438. The van der Waals surface area contributed by atoms with E-state index >= 15 is 0 Å². The topological polar surface area (TPSA) is 180 Å². The Bertz CT molecular complexity index is 1130. The van der Waals surface area contributed by atoms with Gasteiger partial charge in [0.05, 0.1) is 23.0 Å². The van der Waals surface area contributed by atoms with Crippen molar-refractivity contribution in [1.82, 2.24) is 20.0 Å². The summed E-state index contributed by atoms with van der Waals surface area (Å²) in [6, 6.07) is 6.46. The van der Waals surface area contributed by atoms with E-state index in [4.69, 9.17) is 4.74 Å². The number of nitrogens with zero attached hydrogens (tertiary/aromatic N) is 4. The summed E-state index contributed by atoms with van der Waals surface area (Å²) < 4.78 is 44.4. The number of para-hydroxylation sites is 1. The van der Waals surface area contributed by atoms with Crippen LogP contribution in [0.5, 0.6) is 0 Å². The summed E-state index contributed by atoms with van der Waals surface area (Å²) in [6.45, 7) is -1.16. The number of rotatable bonds is 7. The molecular formula is C16H17N4NaO8S3. The zero-order valence-corrected chi connectivity index (χ0v) is 21.0. The Labute approximate surface area is 212 Å². The molecular weight excluding hydrogens is 495 g/mol. The van der Waals surface area contributed by atoms with E-state index in [0.29, 0.717) is 4.34 Å². The van der Waals surface area contributed by atoms with Crippen molar-refractivity contribution in [2.75, 3.05) is 6.61 Å². The number of benzene rings is 1. The van der Waals surface area contributed by atoms with Crippen LogP contribution in [0.4, 0.5) is 0 Å². The number of thiazole rings is 1. The number of aromatic nitrogens is 4. The number of aliphatic hydroxyl groups is 3. The fourth-order valence-electron chi connectivity index (χ4n) is 3.14. The van der Waals surface area contributed by atoms with E-state index in [1.807, 2.05) is 24.3 Å². The number of aliphatic hydroxyl groups excluding tert-OH is 3.